The first-order valence-electron chi connectivity index (χ1n) is 5.73. The molecule has 3 rings (SSSR count). The minimum absolute atomic E-state index is 0.526. The predicted octanol–water partition coefficient (Wildman–Crippen LogP) is 2.95. The van der Waals surface area contributed by atoms with Crippen LogP contribution in [0.15, 0.2) is 53.2 Å². The van der Waals surface area contributed by atoms with E-state index in [1.54, 1.807) is 23.1 Å². The average Bonchev–Trinajstić information content (AvgIpc) is 2.77. The Kier molecular flexibility index (Phi) is 2.94. The van der Waals surface area contributed by atoms with Gasteiger partial charge in [-0.2, -0.15) is 5.10 Å². The third-order valence-electron chi connectivity index (χ3n) is 2.75. The van der Waals surface area contributed by atoms with E-state index in [9.17, 15) is 0 Å². The van der Waals surface area contributed by atoms with Crippen molar-refractivity contribution in [2.24, 2.45) is 4.99 Å². The Morgan fingerprint density at radius 3 is 3.11 bits per heavy atom. The second-order valence-electron chi connectivity index (χ2n) is 3.97. The normalized spacial score (nSPS) is 16.1. The number of aromatic nitrogens is 3. The van der Waals surface area contributed by atoms with Crippen LogP contribution in [0.3, 0.4) is 0 Å². The number of fused-ring (bicyclic) bond motifs is 1. The summed E-state index contributed by atoms with van der Waals surface area (Å²) in [5.74, 6) is 0. The Morgan fingerprint density at radius 1 is 1.22 bits per heavy atom. The summed E-state index contributed by atoms with van der Waals surface area (Å²) in [5, 5.41) is 4.80. The molecular formula is C13H11ClN4. The molecule has 5 heteroatoms. The van der Waals surface area contributed by atoms with Crippen LogP contribution in [0.1, 0.15) is 18.4 Å². The minimum Gasteiger partial charge on any atom is -0.261 e. The number of rotatable bonds is 1. The lowest BCUT2D eigenvalue weighted by Crippen LogP contribution is -1.98. The summed E-state index contributed by atoms with van der Waals surface area (Å²) in [6.45, 7) is 0. The first-order valence-corrected chi connectivity index (χ1v) is 6.11. The van der Waals surface area contributed by atoms with E-state index in [1.807, 2.05) is 18.3 Å². The van der Waals surface area contributed by atoms with Gasteiger partial charge in [-0.15, -0.1) is 0 Å². The van der Waals surface area contributed by atoms with E-state index in [4.69, 9.17) is 11.6 Å². The Morgan fingerprint density at radius 2 is 2.17 bits per heavy atom. The highest BCUT2D eigenvalue weighted by molar-refractivity contribution is 6.31. The Bertz CT molecular complexity index is 666. The first kappa shape index (κ1) is 11.2. The van der Waals surface area contributed by atoms with Crippen molar-refractivity contribution in [3.8, 4) is 0 Å². The first-order chi connectivity index (χ1) is 8.84. The fraction of sp³-hybridized carbons (Fsp3) is 0.154. The molecular weight excluding hydrogens is 248 g/mol. The van der Waals surface area contributed by atoms with Crippen LogP contribution in [0.4, 0.5) is 0 Å². The van der Waals surface area contributed by atoms with Crippen molar-refractivity contribution < 1.29 is 0 Å². The van der Waals surface area contributed by atoms with E-state index in [-0.39, 0.29) is 0 Å². The number of halogens is 1. The molecule has 0 aromatic carbocycles. The second-order valence-corrected chi connectivity index (χ2v) is 4.36. The maximum atomic E-state index is 6.05. The SMILES string of the molecule is ClC1=CCCC=CC(c2cnn3ccncc23)=N1. The molecule has 0 atom stereocenters. The smallest absolute Gasteiger partial charge is 0.125 e. The highest BCUT2D eigenvalue weighted by Crippen LogP contribution is 2.17. The molecule has 1 aliphatic heterocycles. The van der Waals surface area contributed by atoms with Crippen LogP contribution in [0.2, 0.25) is 0 Å². The zero-order valence-electron chi connectivity index (χ0n) is 9.62. The molecule has 90 valence electrons. The molecule has 0 N–H and O–H groups in total. The highest BCUT2D eigenvalue weighted by atomic mass is 35.5. The number of hydrogen-bond donors (Lipinski definition) is 0. The van der Waals surface area contributed by atoms with Gasteiger partial charge in [0.25, 0.3) is 0 Å². The van der Waals surface area contributed by atoms with Crippen LogP contribution < -0.4 is 0 Å². The van der Waals surface area contributed by atoms with Crippen LogP contribution >= 0.6 is 11.6 Å². The minimum atomic E-state index is 0.526. The van der Waals surface area contributed by atoms with Crippen molar-refractivity contribution in [2.75, 3.05) is 0 Å². The molecule has 2 aromatic rings. The van der Waals surface area contributed by atoms with Crippen molar-refractivity contribution in [1.29, 1.82) is 0 Å². The molecule has 0 radical (unpaired) electrons. The maximum Gasteiger partial charge on any atom is 0.125 e. The van der Waals surface area contributed by atoms with Gasteiger partial charge in [0.1, 0.15) is 5.16 Å². The van der Waals surface area contributed by atoms with Gasteiger partial charge in [0.15, 0.2) is 0 Å². The molecule has 3 heterocycles. The summed E-state index contributed by atoms with van der Waals surface area (Å²) in [7, 11) is 0. The Labute approximate surface area is 109 Å². The van der Waals surface area contributed by atoms with E-state index >= 15 is 0 Å². The number of hydrogen-bond acceptors (Lipinski definition) is 3. The summed E-state index contributed by atoms with van der Waals surface area (Å²) < 4.78 is 1.77. The van der Waals surface area contributed by atoms with Crippen molar-refractivity contribution in [3.05, 3.63) is 53.7 Å². The maximum absolute atomic E-state index is 6.05. The largest absolute Gasteiger partial charge is 0.261 e. The fourth-order valence-electron chi connectivity index (χ4n) is 1.87. The van der Waals surface area contributed by atoms with Crippen LogP contribution in [-0.4, -0.2) is 20.3 Å². The number of nitrogens with zero attached hydrogens (tertiary/aromatic N) is 4. The van der Waals surface area contributed by atoms with E-state index < -0.39 is 0 Å². The fourth-order valence-corrected chi connectivity index (χ4v) is 2.07. The van der Waals surface area contributed by atoms with Crippen LogP contribution in [-0.2, 0) is 0 Å². The second kappa shape index (κ2) is 4.74. The topological polar surface area (TPSA) is 42.5 Å². The molecule has 0 unspecified atom stereocenters. The summed E-state index contributed by atoms with van der Waals surface area (Å²) >= 11 is 6.05. The van der Waals surface area contributed by atoms with E-state index in [0.29, 0.717) is 5.16 Å². The zero-order chi connectivity index (χ0) is 12.4. The lowest BCUT2D eigenvalue weighted by atomic mass is 10.1. The Hall–Kier alpha value is -1.94. The molecule has 0 saturated heterocycles. The summed E-state index contributed by atoms with van der Waals surface area (Å²) in [6, 6.07) is 0. The molecule has 0 fully saturated rings. The van der Waals surface area contributed by atoms with Crippen molar-refractivity contribution in [2.45, 2.75) is 12.8 Å². The van der Waals surface area contributed by atoms with Gasteiger partial charge in [-0.1, -0.05) is 17.7 Å². The van der Waals surface area contributed by atoms with Gasteiger partial charge in [-0.05, 0) is 25.0 Å². The molecule has 0 spiro atoms. The number of aliphatic imine (C=N–C) groups is 1. The quantitative estimate of drug-likeness (QED) is 0.738. The molecule has 0 saturated carbocycles. The van der Waals surface area contributed by atoms with Gasteiger partial charge < -0.3 is 0 Å². The molecule has 1 aliphatic rings. The summed E-state index contributed by atoms with van der Waals surface area (Å²) in [6.07, 6.45) is 15.0. The molecule has 0 bridgehead atoms. The van der Waals surface area contributed by atoms with E-state index in [1.165, 1.54) is 0 Å². The summed E-state index contributed by atoms with van der Waals surface area (Å²) in [5.41, 5.74) is 2.68. The van der Waals surface area contributed by atoms with Gasteiger partial charge in [0.2, 0.25) is 0 Å². The average molecular weight is 259 g/mol. The van der Waals surface area contributed by atoms with Crippen LogP contribution in [0.25, 0.3) is 5.52 Å². The van der Waals surface area contributed by atoms with Gasteiger partial charge >= 0.3 is 0 Å². The third-order valence-corrected chi connectivity index (χ3v) is 2.99. The van der Waals surface area contributed by atoms with Crippen molar-refractivity contribution in [3.63, 3.8) is 0 Å². The van der Waals surface area contributed by atoms with Gasteiger partial charge in [0, 0.05) is 18.0 Å². The lowest BCUT2D eigenvalue weighted by molar-refractivity contribution is 0.946. The predicted molar refractivity (Wildman–Crippen MR) is 71.8 cm³/mol. The molecule has 4 nitrogen and oxygen atoms in total. The third kappa shape index (κ3) is 2.07. The highest BCUT2D eigenvalue weighted by Gasteiger charge is 2.09. The van der Waals surface area contributed by atoms with E-state index in [2.05, 4.69) is 21.2 Å². The van der Waals surface area contributed by atoms with Crippen molar-refractivity contribution in [1.82, 2.24) is 14.6 Å². The molecule has 18 heavy (non-hydrogen) atoms. The van der Waals surface area contributed by atoms with Crippen LogP contribution in [0.5, 0.6) is 0 Å². The molecule has 2 aromatic heterocycles. The monoisotopic (exact) mass is 258 g/mol. The molecule has 0 aliphatic carbocycles. The number of allylic oxidation sites excluding steroid dienone is 3. The van der Waals surface area contributed by atoms with E-state index in [0.717, 1.165) is 29.6 Å². The van der Waals surface area contributed by atoms with Crippen molar-refractivity contribution >= 4 is 22.8 Å². The zero-order valence-corrected chi connectivity index (χ0v) is 10.4. The Balaban J connectivity index is 2.16. The van der Waals surface area contributed by atoms with Gasteiger partial charge in [-0.3, -0.25) is 4.98 Å². The van der Waals surface area contributed by atoms with Gasteiger partial charge in [-0.25, -0.2) is 9.51 Å². The van der Waals surface area contributed by atoms with Crippen LogP contribution in [0, 0.1) is 0 Å². The lowest BCUT2D eigenvalue weighted by Gasteiger charge is -2.02. The van der Waals surface area contributed by atoms with Gasteiger partial charge in [0.05, 0.1) is 23.6 Å². The summed E-state index contributed by atoms with van der Waals surface area (Å²) in [4.78, 5) is 8.52. The standard InChI is InChI=1S/C13H11ClN4/c14-13-5-3-1-2-4-11(17-13)10-8-16-18-7-6-15-9-12(10)18/h2,4-9H,1,3H2. The molecule has 0 amide bonds.